The maximum absolute atomic E-state index is 10.6. The van der Waals surface area contributed by atoms with Gasteiger partial charge in [0.05, 0.1) is 5.60 Å². The Hall–Kier alpha value is -0.160. The smallest absolute Gasteiger partial charge is 0.202 e. The van der Waals surface area contributed by atoms with Crippen LogP contribution in [0, 0.1) is 5.92 Å². The fourth-order valence-electron chi connectivity index (χ4n) is 3.29. The van der Waals surface area contributed by atoms with E-state index in [0.29, 0.717) is 6.42 Å². The van der Waals surface area contributed by atoms with Crippen LogP contribution in [0.25, 0.3) is 0 Å². The summed E-state index contributed by atoms with van der Waals surface area (Å²) in [6, 6.07) is 0. The minimum absolute atomic E-state index is 0.220. The third-order valence-corrected chi connectivity index (χ3v) is 4.10. The third-order valence-electron chi connectivity index (χ3n) is 4.10. The summed E-state index contributed by atoms with van der Waals surface area (Å²) in [7, 11) is 0. The molecule has 4 heteroatoms. The molecule has 0 bridgehead atoms. The van der Waals surface area contributed by atoms with Gasteiger partial charge in [-0.3, -0.25) is 0 Å². The monoisotopic (exact) mass is 244 g/mol. The van der Waals surface area contributed by atoms with Crippen molar-refractivity contribution in [3.05, 3.63) is 0 Å². The predicted octanol–water partition coefficient (Wildman–Crippen LogP) is 2.14. The lowest BCUT2D eigenvalue weighted by Gasteiger charge is -2.50. The lowest BCUT2D eigenvalue weighted by Crippen LogP contribution is -2.62. The summed E-state index contributed by atoms with van der Waals surface area (Å²) in [4.78, 5) is 10.7. The van der Waals surface area contributed by atoms with E-state index in [0.717, 1.165) is 25.7 Å². The van der Waals surface area contributed by atoms with Crippen LogP contribution in [0.3, 0.4) is 0 Å². The molecular weight excluding hydrogens is 220 g/mol. The van der Waals surface area contributed by atoms with Crippen molar-refractivity contribution in [1.82, 2.24) is 0 Å². The predicted molar refractivity (Wildman–Crippen MR) is 63.0 cm³/mol. The van der Waals surface area contributed by atoms with E-state index in [9.17, 15) is 10.2 Å². The van der Waals surface area contributed by atoms with Crippen LogP contribution < -0.4 is 0 Å². The molecule has 2 aliphatic rings. The Balaban J connectivity index is 2.13. The third kappa shape index (κ3) is 2.36. The van der Waals surface area contributed by atoms with Gasteiger partial charge < -0.3 is 10.2 Å². The Morgan fingerprint density at radius 1 is 1.12 bits per heavy atom. The van der Waals surface area contributed by atoms with E-state index in [1.807, 2.05) is 13.8 Å². The molecular formula is C13H24O4. The van der Waals surface area contributed by atoms with Crippen molar-refractivity contribution in [2.45, 2.75) is 76.3 Å². The first-order valence-corrected chi connectivity index (χ1v) is 6.60. The lowest BCUT2D eigenvalue weighted by molar-refractivity contribution is -0.515. The van der Waals surface area contributed by atoms with Gasteiger partial charge >= 0.3 is 0 Å². The quantitative estimate of drug-likeness (QED) is 0.731. The molecule has 4 nitrogen and oxygen atoms in total. The molecule has 2 fully saturated rings. The highest BCUT2D eigenvalue weighted by atomic mass is 17.2. The minimum atomic E-state index is -1.36. The first-order valence-electron chi connectivity index (χ1n) is 6.60. The first kappa shape index (κ1) is 13.3. The Labute approximate surface area is 103 Å². The summed E-state index contributed by atoms with van der Waals surface area (Å²) in [5, 5.41) is 20.9. The van der Waals surface area contributed by atoms with E-state index in [4.69, 9.17) is 9.78 Å². The summed E-state index contributed by atoms with van der Waals surface area (Å²) >= 11 is 0. The molecule has 2 N–H and O–H groups in total. The van der Waals surface area contributed by atoms with Crippen LogP contribution in [0.2, 0.25) is 0 Å². The molecule has 0 aromatic rings. The van der Waals surface area contributed by atoms with Crippen molar-refractivity contribution in [1.29, 1.82) is 0 Å². The van der Waals surface area contributed by atoms with Gasteiger partial charge in [0.2, 0.25) is 5.79 Å². The van der Waals surface area contributed by atoms with Crippen molar-refractivity contribution in [3.63, 3.8) is 0 Å². The Bertz CT molecular complexity index is 281. The number of hydrogen-bond donors (Lipinski definition) is 2. The van der Waals surface area contributed by atoms with Crippen LogP contribution in [0.15, 0.2) is 0 Å². The van der Waals surface area contributed by atoms with Crippen LogP contribution in [0.4, 0.5) is 0 Å². The normalized spacial score (nSPS) is 41.3. The zero-order valence-corrected chi connectivity index (χ0v) is 11.0. The van der Waals surface area contributed by atoms with Crippen LogP contribution in [-0.2, 0) is 9.78 Å². The van der Waals surface area contributed by atoms with E-state index < -0.39 is 17.0 Å². The van der Waals surface area contributed by atoms with Gasteiger partial charge in [0, 0.05) is 12.8 Å². The van der Waals surface area contributed by atoms with Crippen molar-refractivity contribution in [2.24, 2.45) is 5.92 Å². The molecule has 1 aliphatic heterocycles. The highest BCUT2D eigenvalue weighted by molar-refractivity contribution is 5.04. The van der Waals surface area contributed by atoms with Gasteiger partial charge in [-0.25, -0.2) is 9.78 Å². The van der Waals surface area contributed by atoms with E-state index in [2.05, 4.69) is 0 Å². The Morgan fingerprint density at radius 2 is 1.71 bits per heavy atom. The van der Waals surface area contributed by atoms with E-state index in [1.54, 1.807) is 6.92 Å². The van der Waals surface area contributed by atoms with E-state index in [-0.39, 0.29) is 12.3 Å². The van der Waals surface area contributed by atoms with Crippen molar-refractivity contribution in [3.8, 4) is 0 Å². The molecule has 0 aromatic heterocycles. The van der Waals surface area contributed by atoms with Crippen LogP contribution in [-0.4, -0.2) is 27.2 Å². The minimum Gasteiger partial charge on any atom is -0.387 e. The summed E-state index contributed by atoms with van der Waals surface area (Å²) in [5.41, 5.74) is -1.64. The first-order chi connectivity index (χ1) is 7.79. The molecule has 17 heavy (non-hydrogen) atoms. The molecule has 2 rings (SSSR count). The maximum Gasteiger partial charge on any atom is 0.202 e. The molecule has 1 spiro atoms. The summed E-state index contributed by atoms with van der Waals surface area (Å²) in [6.45, 7) is 5.78. The van der Waals surface area contributed by atoms with Gasteiger partial charge in [-0.05, 0) is 25.7 Å². The SMILES string of the molecule is CC(C)C[C@@]1(O)C[C@](C)(O)C2(CCCC2)OO1. The number of rotatable bonds is 2. The zero-order chi connectivity index (χ0) is 12.7. The second-order valence-electron chi connectivity index (χ2n) is 6.36. The molecule has 1 saturated carbocycles. The standard InChI is InChI=1S/C13H24O4/c1-10(2)8-13(15)9-11(3,14)12(16-17-13)6-4-5-7-12/h10,14-15H,4-9H2,1-3H3/t11-,13-/m0/s1. The van der Waals surface area contributed by atoms with Crippen LogP contribution in [0.1, 0.15) is 59.3 Å². The van der Waals surface area contributed by atoms with Gasteiger partial charge in [-0.1, -0.05) is 26.7 Å². The molecule has 0 aromatic carbocycles. The number of aliphatic hydroxyl groups is 2. The van der Waals surface area contributed by atoms with Crippen LogP contribution in [0.5, 0.6) is 0 Å². The Kier molecular flexibility index (Phi) is 3.28. The maximum atomic E-state index is 10.6. The zero-order valence-electron chi connectivity index (χ0n) is 11.0. The molecule has 1 saturated heterocycles. The van der Waals surface area contributed by atoms with E-state index in [1.165, 1.54) is 0 Å². The largest absolute Gasteiger partial charge is 0.387 e. The van der Waals surface area contributed by atoms with Crippen molar-refractivity contribution < 1.29 is 20.0 Å². The second kappa shape index (κ2) is 4.19. The number of hydrogen-bond acceptors (Lipinski definition) is 4. The van der Waals surface area contributed by atoms with Crippen molar-refractivity contribution in [2.75, 3.05) is 0 Å². The molecule has 100 valence electrons. The fourth-order valence-corrected chi connectivity index (χ4v) is 3.29. The topological polar surface area (TPSA) is 58.9 Å². The lowest BCUT2D eigenvalue weighted by atomic mass is 9.76. The average molecular weight is 244 g/mol. The van der Waals surface area contributed by atoms with Crippen LogP contribution >= 0.6 is 0 Å². The van der Waals surface area contributed by atoms with Gasteiger partial charge in [-0.15, -0.1) is 0 Å². The molecule has 1 heterocycles. The molecule has 0 radical (unpaired) electrons. The second-order valence-corrected chi connectivity index (χ2v) is 6.36. The highest BCUT2D eigenvalue weighted by Crippen LogP contribution is 2.50. The van der Waals surface area contributed by atoms with Gasteiger partial charge in [0.25, 0.3) is 0 Å². The summed E-state index contributed by atoms with van der Waals surface area (Å²) in [6.07, 6.45) is 4.39. The summed E-state index contributed by atoms with van der Waals surface area (Å²) < 4.78 is 0. The van der Waals surface area contributed by atoms with E-state index >= 15 is 0 Å². The average Bonchev–Trinajstić information content (AvgIpc) is 2.60. The van der Waals surface area contributed by atoms with Gasteiger partial charge in [0.15, 0.2) is 0 Å². The molecule has 0 unspecified atom stereocenters. The summed E-state index contributed by atoms with van der Waals surface area (Å²) in [5.74, 6) is -1.07. The molecule has 0 amide bonds. The molecule has 2 atom stereocenters. The van der Waals surface area contributed by atoms with Gasteiger partial charge in [-0.2, -0.15) is 0 Å². The highest BCUT2D eigenvalue weighted by Gasteiger charge is 2.59. The molecule has 1 aliphatic carbocycles. The van der Waals surface area contributed by atoms with Gasteiger partial charge in [0.1, 0.15) is 5.60 Å². The Morgan fingerprint density at radius 3 is 2.18 bits per heavy atom. The fraction of sp³-hybridized carbons (Fsp3) is 1.00. The van der Waals surface area contributed by atoms with Crippen molar-refractivity contribution >= 4 is 0 Å².